The molecule has 26 heavy (non-hydrogen) atoms. The van der Waals surface area contributed by atoms with Crippen LogP contribution in [0.2, 0.25) is 17.7 Å². The number of halogens is 2. The molecule has 0 nitrogen and oxygen atoms in total. The van der Waals surface area contributed by atoms with Gasteiger partial charge in [0.1, 0.15) is 5.82 Å². The molecule has 0 bridgehead atoms. The highest BCUT2D eigenvalue weighted by molar-refractivity contribution is 6.77. The Labute approximate surface area is 162 Å². The molecule has 2 aliphatic rings. The summed E-state index contributed by atoms with van der Waals surface area (Å²) < 4.78 is 14.7. The molecule has 136 valence electrons. The molecule has 1 atom stereocenters. The molecule has 1 aliphatic carbocycles. The summed E-state index contributed by atoms with van der Waals surface area (Å²) in [6.45, 7) is 9.72. The predicted octanol–water partition coefficient (Wildman–Crippen LogP) is 6.13. The van der Waals surface area contributed by atoms with Gasteiger partial charge in [0.15, 0.2) is 6.71 Å². The predicted molar refractivity (Wildman–Crippen MR) is 111 cm³/mol. The van der Waals surface area contributed by atoms with Crippen molar-refractivity contribution in [3.63, 3.8) is 0 Å². The Hall–Kier alpha value is -1.28. The first-order chi connectivity index (χ1) is 12.2. The van der Waals surface area contributed by atoms with E-state index in [1.54, 1.807) is 6.07 Å². The molecule has 0 N–H and O–H groups in total. The summed E-state index contributed by atoms with van der Waals surface area (Å²) in [7, 11) is 0. The van der Waals surface area contributed by atoms with Crippen molar-refractivity contribution in [1.29, 1.82) is 0 Å². The van der Waals surface area contributed by atoms with E-state index in [-0.39, 0.29) is 16.6 Å². The summed E-state index contributed by atoms with van der Waals surface area (Å²) in [5.41, 5.74) is 5.41. The van der Waals surface area contributed by atoms with Crippen molar-refractivity contribution in [3.05, 3.63) is 63.9 Å². The van der Waals surface area contributed by atoms with Gasteiger partial charge in [0, 0.05) is 0 Å². The average Bonchev–Trinajstić information content (AvgIpc) is 3.07. The molecule has 1 heterocycles. The fourth-order valence-corrected chi connectivity index (χ4v) is 5.52. The standard InChI is InChI=1S/C23H27BClF/c1-22(2)13-24(14-23(22,3)4)20-18-11-16(15-8-6-5-7-9-15)10-17(18)12-19(26)21(20)25/h5-9,12,16H,10-11,13-14H2,1-4H3. The number of hydrogen-bond acceptors (Lipinski definition) is 0. The van der Waals surface area contributed by atoms with Crippen LogP contribution >= 0.6 is 11.6 Å². The molecule has 0 amide bonds. The molecule has 1 saturated heterocycles. The van der Waals surface area contributed by atoms with Gasteiger partial charge in [-0.15, -0.1) is 0 Å². The summed E-state index contributed by atoms with van der Waals surface area (Å²) in [6.07, 6.45) is 4.04. The van der Waals surface area contributed by atoms with E-state index in [9.17, 15) is 4.39 Å². The highest BCUT2D eigenvalue weighted by Crippen LogP contribution is 2.53. The van der Waals surface area contributed by atoms with Gasteiger partial charge in [0.25, 0.3) is 0 Å². The van der Waals surface area contributed by atoms with Gasteiger partial charge in [-0.1, -0.05) is 87.7 Å². The zero-order valence-electron chi connectivity index (χ0n) is 16.2. The summed E-state index contributed by atoms with van der Waals surface area (Å²) >= 11 is 6.56. The van der Waals surface area contributed by atoms with Gasteiger partial charge in [-0.3, -0.25) is 0 Å². The molecule has 1 unspecified atom stereocenters. The van der Waals surface area contributed by atoms with Crippen molar-refractivity contribution < 1.29 is 4.39 Å². The Kier molecular flexibility index (Phi) is 4.27. The average molecular weight is 369 g/mol. The molecule has 3 heteroatoms. The van der Waals surface area contributed by atoms with Crippen LogP contribution in [0.15, 0.2) is 36.4 Å². The van der Waals surface area contributed by atoms with E-state index in [2.05, 4.69) is 58.0 Å². The number of fused-ring (bicyclic) bond motifs is 1. The van der Waals surface area contributed by atoms with Gasteiger partial charge in [-0.2, -0.15) is 0 Å². The topological polar surface area (TPSA) is 0 Å². The molecule has 0 spiro atoms. The second-order valence-corrected chi connectivity index (χ2v) is 9.99. The van der Waals surface area contributed by atoms with Crippen LogP contribution in [0.5, 0.6) is 0 Å². The van der Waals surface area contributed by atoms with Crippen molar-refractivity contribution in [2.24, 2.45) is 10.8 Å². The van der Waals surface area contributed by atoms with E-state index >= 15 is 0 Å². The van der Waals surface area contributed by atoms with Crippen molar-refractivity contribution in [3.8, 4) is 0 Å². The third kappa shape index (κ3) is 2.82. The van der Waals surface area contributed by atoms with Crippen LogP contribution in [0.4, 0.5) is 4.39 Å². The minimum absolute atomic E-state index is 0.234. The van der Waals surface area contributed by atoms with Crippen LogP contribution in [0.25, 0.3) is 0 Å². The lowest BCUT2D eigenvalue weighted by atomic mass is 9.41. The fourth-order valence-electron chi connectivity index (χ4n) is 5.19. The number of rotatable bonds is 2. The maximum absolute atomic E-state index is 14.7. The Morgan fingerprint density at radius 3 is 2.23 bits per heavy atom. The molecular formula is C23H27BClF. The van der Waals surface area contributed by atoms with E-state index in [1.165, 1.54) is 16.7 Å². The van der Waals surface area contributed by atoms with Crippen molar-refractivity contribution in [1.82, 2.24) is 0 Å². The van der Waals surface area contributed by atoms with E-state index in [0.717, 1.165) is 30.9 Å². The highest BCUT2D eigenvalue weighted by Gasteiger charge is 2.49. The Morgan fingerprint density at radius 1 is 1.00 bits per heavy atom. The highest BCUT2D eigenvalue weighted by atomic mass is 35.5. The lowest BCUT2D eigenvalue weighted by Crippen LogP contribution is -2.33. The molecule has 2 aromatic rings. The molecule has 2 aromatic carbocycles. The summed E-state index contributed by atoms with van der Waals surface area (Å²) in [6, 6.07) is 12.3. The maximum atomic E-state index is 14.7. The number of hydrogen-bond donors (Lipinski definition) is 0. The molecule has 0 radical (unpaired) electrons. The third-order valence-corrected chi connectivity index (χ3v) is 7.79. The van der Waals surface area contributed by atoms with Crippen LogP contribution in [0.3, 0.4) is 0 Å². The van der Waals surface area contributed by atoms with Gasteiger partial charge in [-0.05, 0) is 52.3 Å². The molecular weight excluding hydrogens is 342 g/mol. The first kappa shape index (κ1) is 18.1. The molecule has 1 aliphatic heterocycles. The fraction of sp³-hybridized carbons (Fsp3) is 0.478. The van der Waals surface area contributed by atoms with E-state index in [4.69, 9.17) is 11.6 Å². The molecule has 1 fully saturated rings. The number of benzene rings is 2. The van der Waals surface area contributed by atoms with Crippen molar-refractivity contribution in [2.45, 2.75) is 59.1 Å². The monoisotopic (exact) mass is 368 g/mol. The van der Waals surface area contributed by atoms with Crippen molar-refractivity contribution >= 4 is 23.8 Å². The van der Waals surface area contributed by atoms with E-state index < -0.39 is 0 Å². The first-order valence-corrected chi connectivity index (χ1v) is 10.1. The van der Waals surface area contributed by atoms with Gasteiger partial charge in [0.05, 0.1) is 5.02 Å². The van der Waals surface area contributed by atoms with Gasteiger partial charge < -0.3 is 0 Å². The van der Waals surface area contributed by atoms with Gasteiger partial charge >= 0.3 is 0 Å². The summed E-state index contributed by atoms with van der Waals surface area (Å²) in [5, 5.41) is 0.371. The SMILES string of the molecule is CC1(C)CB(c2c(Cl)c(F)cc3c2CC(c2ccccc2)C3)CC1(C)C. The Balaban J connectivity index is 1.75. The minimum Gasteiger partial charge on any atom is -0.205 e. The van der Waals surface area contributed by atoms with Crippen molar-refractivity contribution in [2.75, 3.05) is 0 Å². The lowest BCUT2D eigenvalue weighted by Gasteiger charge is -2.35. The molecule has 0 aromatic heterocycles. The Morgan fingerprint density at radius 2 is 1.62 bits per heavy atom. The minimum atomic E-state index is -0.239. The Bertz CT molecular complexity index is 825. The smallest absolute Gasteiger partial charge is 0.179 e. The van der Waals surface area contributed by atoms with Crippen LogP contribution in [0, 0.1) is 16.6 Å². The second kappa shape index (κ2) is 6.13. The largest absolute Gasteiger partial charge is 0.205 e. The van der Waals surface area contributed by atoms with Crippen LogP contribution in [-0.2, 0) is 12.8 Å². The van der Waals surface area contributed by atoms with Gasteiger partial charge in [0.2, 0.25) is 0 Å². The van der Waals surface area contributed by atoms with E-state index in [0.29, 0.717) is 17.7 Å². The lowest BCUT2D eigenvalue weighted by molar-refractivity contribution is 0.177. The quantitative estimate of drug-likeness (QED) is 0.559. The molecule has 0 saturated carbocycles. The van der Waals surface area contributed by atoms with Crippen LogP contribution in [-0.4, -0.2) is 6.71 Å². The van der Waals surface area contributed by atoms with Crippen LogP contribution in [0.1, 0.15) is 50.3 Å². The molecule has 4 rings (SSSR count). The first-order valence-electron chi connectivity index (χ1n) is 9.74. The normalized spacial score (nSPS) is 23.3. The maximum Gasteiger partial charge on any atom is 0.179 e. The zero-order chi connectivity index (χ0) is 18.7. The summed E-state index contributed by atoms with van der Waals surface area (Å²) in [5.74, 6) is 0.196. The second-order valence-electron chi connectivity index (χ2n) is 9.61. The zero-order valence-corrected chi connectivity index (χ0v) is 17.0. The summed E-state index contributed by atoms with van der Waals surface area (Å²) in [4.78, 5) is 0. The third-order valence-electron chi connectivity index (χ3n) is 7.40. The van der Waals surface area contributed by atoms with Crippen LogP contribution < -0.4 is 5.46 Å². The van der Waals surface area contributed by atoms with E-state index in [1.807, 2.05) is 0 Å². The van der Waals surface area contributed by atoms with Gasteiger partial charge in [-0.25, -0.2) is 4.39 Å².